The molecule has 16 heavy (non-hydrogen) atoms. The Morgan fingerprint density at radius 1 is 1.38 bits per heavy atom. The second-order valence-electron chi connectivity index (χ2n) is 6.11. The van der Waals surface area contributed by atoms with Gasteiger partial charge in [0.2, 0.25) is 0 Å². The van der Waals surface area contributed by atoms with Gasteiger partial charge in [0.05, 0.1) is 0 Å². The predicted molar refractivity (Wildman–Crippen MR) is 68.5 cm³/mol. The van der Waals surface area contributed by atoms with E-state index < -0.39 is 0 Å². The van der Waals surface area contributed by atoms with Crippen molar-refractivity contribution in [1.82, 2.24) is 9.80 Å². The summed E-state index contributed by atoms with van der Waals surface area (Å²) in [6, 6.07) is 0.713. The van der Waals surface area contributed by atoms with Gasteiger partial charge < -0.3 is 10.6 Å². The van der Waals surface area contributed by atoms with Gasteiger partial charge in [0.15, 0.2) is 0 Å². The molecule has 0 aromatic heterocycles. The van der Waals surface area contributed by atoms with E-state index in [1.54, 1.807) is 0 Å². The molecular formula is C13H27N3. The molecule has 0 radical (unpaired) electrons. The van der Waals surface area contributed by atoms with Crippen LogP contribution in [-0.4, -0.2) is 54.6 Å². The largest absolute Gasteiger partial charge is 0.329 e. The summed E-state index contributed by atoms with van der Waals surface area (Å²) >= 11 is 0. The van der Waals surface area contributed by atoms with Crippen molar-refractivity contribution >= 4 is 0 Å². The van der Waals surface area contributed by atoms with Crippen molar-refractivity contribution in [1.29, 1.82) is 0 Å². The van der Waals surface area contributed by atoms with Crippen molar-refractivity contribution in [3.05, 3.63) is 0 Å². The van der Waals surface area contributed by atoms with Crippen LogP contribution in [0.15, 0.2) is 0 Å². The molecule has 2 N–H and O–H groups in total. The van der Waals surface area contributed by atoms with Crippen molar-refractivity contribution < 1.29 is 0 Å². The van der Waals surface area contributed by atoms with Crippen LogP contribution in [0.3, 0.4) is 0 Å². The zero-order valence-corrected chi connectivity index (χ0v) is 11.1. The molecule has 0 aliphatic carbocycles. The number of nitrogens with zero attached hydrogens (tertiary/aromatic N) is 2. The van der Waals surface area contributed by atoms with Crippen LogP contribution >= 0.6 is 0 Å². The summed E-state index contributed by atoms with van der Waals surface area (Å²) in [6.45, 7) is 9.18. The highest BCUT2D eigenvalue weighted by Gasteiger charge is 2.43. The molecule has 3 unspecified atom stereocenters. The Balaban J connectivity index is 2.14. The molecule has 3 atom stereocenters. The Morgan fingerprint density at radius 3 is 2.62 bits per heavy atom. The maximum absolute atomic E-state index is 6.12. The quantitative estimate of drug-likeness (QED) is 0.765. The van der Waals surface area contributed by atoms with Crippen LogP contribution in [0.2, 0.25) is 0 Å². The third-order valence-corrected chi connectivity index (χ3v) is 4.52. The predicted octanol–water partition coefficient (Wildman–Crippen LogP) is 1.14. The van der Waals surface area contributed by atoms with E-state index >= 15 is 0 Å². The van der Waals surface area contributed by atoms with Crippen LogP contribution in [0.25, 0.3) is 0 Å². The molecule has 0 bridgehead atoms. The lowest BCUT2D eigenvalue weighted by Crippen LogP contribution is -2.62. The summed E-state index contributed by atoms with van der Waals surface area (Å²) in [7, 11) is 2.23. The van der Waals surface area contributed by atoms with E-state index in [0.717, 1.165) is 19.0 Å². The highest BCUT2D eigenvalue weighted by molar-refractivity contribution is 5.01. The number of nitrogens with two attached hydrogens (primary N) is 1. The highest BCUT2D eigenvalue weighted by Crippen LogP contribution is 2.34. The normalized spacial score (nSPS) is 42.8. The van der Waals surface area contributed by atoms with E-state index in [-0.39, 0.29) is 5.54 Å². The van der Waals surface area contributed by atoms with Crippen molar-refractivity contribution in [2.24, 2.45) is 11.7 Å². The fourth-order valence-electron chi connectivity index (χ4n) is 3.82. The SMILES string of the molecule is CC1CC(C)N(C2(CN)CCCN(C)C2)C1. The fraction of sp³-hybridized carbons (Fsp3) is 1.00. The van der Waals surface area contributed by atoms with Crippen molar-refractivity contribution in [2.45, 2.75) is 44.7 Å². The van der Waals surface area contributed by atoms with Gasteiger partial charge in [-0.2, -0.15) is 0 Å². The van der Waals surface area contributed by atoms with E-state index in [0.29, 0.717) is 6.04 Å². The minimum absolute atomic E-state index is 0.261. The number of rotatable bonds is 2. The van der Waals surface area contributed by atoms with E-state index in [9.17, 15) is 0 Å². The molecule has 3 heteroatoms. The average molecular weight is 225 g/mol. The summed E-state index contributed by atoms with van der Waals surface area (Å²) in [5.74, 6) is 0.839. The molecule has 2 saturated heterocycles. The second kappa shape index (κ2) is 4.63. The summed E-state index contributed by atoms with van der Waals surface area (Å²) in [5, 5.41) is 0. The summed E-state index contributed by atoms with van der Waals surface area (Å²) in [6.07, 6.45) is 3.92. The highest BCUT2D eigenvalue weighted by atomic mass is 15.3. The second-order valence-corrected chi connectivity index (χ2v) is 6.11. The third kappa shape index (κ3) is 2.13. The van der Waals surface area contributed by atoms with Crippen LogP contribution in [0.4, 0.5) is 0 Å². The lowest BCUT2D eigenvalue weighted by molar-refractivity contribution is 0.0195. The monoisotopic (exact) mass is 225 g/mol. The van der Waals surface area contributed by atoms with Gasteiger partial charge in [0, 0.05) is 31.2 Å². The number of likely N-dealkylation sites (tertiary alicyclic amines) is 2. The maximum atomic E-state index is 6.12. The van der Waals surface area contributed by atoms with Crippen LogP contribution in [0.1, 0.15) is 33.1 Å². The van der Waals surface area contributed by atoms with E-state index in [2.05, 4.69) is 30.7 Å². The molecule has 2 heterocycles. The van der Waals surface area contributed by atoms with Gasteiger partial charge in [-0.05, 0) is 45.7 Å². The number of hydrogen-bond acceptors (Lipinski definition) is 3. The molecule has 2 rings (SSSR count). The molecular weight excluding hydrogens is 198 g/mol. The first-order valence-electron chi connectivity index (χ1n) is 6.73. The van der Waals surface area contributed by atoms with Gasteiger partial charge in [-0.1, -0.05) is 6.92 Å². The molecule has 2 aliphatic rings. The molecule has 94 valence electrons. The first-order chi connectivity index (χ1) is 7.57. The van der Waals surface area contributed by atoms with E-state index in [1.165, 1.54) is 32.4 Å². The minimum Gasteiger partial charge on any atom is -0.329 e. The smallest absolute Gasteiger partial charge is 0.0461 e. The zero-order valence-electron chi connectivity index (χ0n) is 11.1. The molecule has 3 nitrogen and oxygen atoms in total. The van der Waals surface area contributed by atoms with Gasteiger partial charge in [0.1, 0.15) is 0 Å². The van der Waals surface area contributed by atoms with Crippen LogP contribution in [0, 0.1) is 5.92 Å². The van der Waals surface area contributed by atoms with Crippen LogP contribution in [-0.2, 0) is 0 Å². The van der Waals surface area contributed by atoms with Gasteiger partial charge in [-0.3, -0.25) is 4.90 Å². The minimum atomic E-state index is 0.261. The molecule has 0 amide bonds. The zero-order chi connectivity index (χ0) is 11.8. The summed E-state index contributed by atoms with van der Waals surface area (Å²) in [4.78, 5) is 5.15. The maximum Gasteiger partial charge on any atom is 0.0461 e. The van der Waals surface area contributed by atoms with Gasteiger partial charge in [-0.15, -0.1) is 0 Å². The van der Waals surface area contributed by atoms with E-state index in [4.69, 9.17) is 5.73 Å². The Labute approximate surface area is 100.0 Å². The van der Waals surface area contributed by atoms with Crippen molar-refractivity contribution in [3.63, 3.8) is 0 Å². The molecule has 0 aromatic rings. The molecule has 2 aliphatic heterocycles. The van der Waals surface area contributed by atoms with Crippen LogP contribution < -0.4 is 5.73 Å². The first-order valence-corrected chi connectivity index (χ1v) is 6.73. The molecule has 0 saturated carbocycles. The number of hydrogen-bond donors (Lipinski definition) is 1. The number of piperidine rings is 1. The fourth-order valence-corrected chi connectivity index (χ4v) is 3.82. The number of likely N-dealkylation sites (N-methyl/N-ethyl adjacent to an activating group) is 1. The Kier molecular flexibility index (Phi) is 3.57. The molecule has 0 spiro atoms. The van der Waals surface area contributed by atoms with E-state index in [1.807, 2.05) is 0 Å². The third-order valence-electron chi connectivity index (χ3n) is 4.52. The van der Waals surface area contributed by atoms with Gasteiger partial charge >= 0.3 is 0 Å². The topological polar surface area (TPSA) is 32.5 Å². The standard InChI is InChI=1S/C13H27N3/c1-11-7-12(2)16(8-11)13(9-14)5-4-6-15(3)10-13/h11-12H,4-10,14H2,1-3H3. The molecule has 0 aromatic carbocycles. The Morgan fingerprint density at radius 2 is 2.12 bits per heavy atom. The van der Waals surface area contributed by atoms with Crippen molar-refractivity contribution in [2.75, 3.05) is 33.2 Å². The lowest BCUT2D eigenvalue weighted by Gasteiger charge is -2.49. The lowest BCUT2D eigenvalue weighted by atomic mass is 9.86. The Hall–Kier alpha value is -0.120. The first kappa shape index (κ1) is 12.3. The average Bonchev–Trinajstić information content (AvgIpc) is 2.58. The Bertz CT molecular complexity index is 243. The summed E-state index contributed by atoms with van der Waals surface area (Å²) < 4.78 is 0. The van der Waals surface area contributed by atoms with Gasteiger partial charge in [-0.25, -0.2) is 0 Å². The van der Waals surface area contributed by atoms with Crippen molar-refractivity contribution in [3.8, 4) is 0 Å². The molecule has 2 fully saturated rings. The van der Waals surface area contributed by atoms with Crippen LogP contribution in [0.5, 0.6) is 0 Å². The van der Waals surface area contributed by atoms with Gasteiger partial charge in [0.25, 0.3) is 0 Å². The summed E-state index contributed by atoms with van der Waals surface area (Å²) in [5.41, 5.74) is 6.38.